The van der Waals surface area contributed by atoms with Crippen molar-refractivity contribution in [3.63, 3.8) is 0 Å². The van der Waals surface area contributed by atoms with Crippen LogP contribution in [0.3, 0.4) is 0 Å². The third kappa shape index (κ3) is 3.73. The van der Waals surface area contributed by atoms with E-state index in [4.69, 9.17) is 4.74 Å². The number of nitrogens with zero attached hydrogens (tertiary/aromatic N) is 1. The molecule has 2 N–H and O–H groups in total. The molecule has 178 valence electrons. The molecule has 2 amide bonds. The van der Waals surface area contributed by atoms with Gasteiger partial charge in [-0.3, -0.25) is 9.59 Å². The molecule has 2 saturated heterocycles. The molecule has 0 saturated carbocycles. The van der Waals surface area contributed by atoms with Gasteiger partial charge < -0.3 is 20.1 Å². The van der Waals surface area contributed by atoms with Gasteiger partial charge in [-0.1, -0.05) is 55.5 Å². The zero-order valence-corrected chi connectivity index (χ0v) is 19.3. The number of aliphatic carboxylic acids is 1. The SMILES string of the molecule is CC[C@@H](NC(=O)OCC1c2ccccc2-c2ccccc21)C(=O)N1C2CCC1(CC(=O)O)CC2. The number of carboxylic acid groups (broad SMARTS) is 1. The van der Waals surface area contributed by atoms with Gasteiger partial charge in [0.25, 0.3) is 0 Å². The fraction of sp³-hybridized carbons (Fsp3) is 0.444. The van der Waals surface area contributed by atoms with Crippen molar-refractivity contribution in [3.8, 4) is 11.1 Å². The topological polar surface area (TPSA) is 95.9 Å². The maximum absolute atomic E-state index is 13.4. The highest BCUT2D eigenvalue weighted by Gasteiger charge is 2.55. The van der Waals surface area contributed by atoms with Crippen molar-refractivity contribution in [2.45, 2.75) is 69.0 Å². The van der Waals surface area contributed by atoms with E-state index in [1.54, 1.807) is 4.90 Å². The molecule has 2 aromatic carbocycles. The van der Waals surface area contributed by atoms with Crippen molar-refractivity contribution in [3.05, 3.63) is 59.7 Å². The van der Waals surface area contributed by atoms with Gasteiger partial charge in [0.1, 0.15) is 12.6 Å². The lowest BCUT2D eigenvalue weighted by atomic mass is 9.85. The summed E-state index contributed by atoms with van der Waals surface area (Å²) in [6, 6.07) is 15.6. The summed E-state index contributed by atoms with van der Waals surface area (Å²) in [6.07, 6.45) is 2.79. The maximum atomic E-state index is 13.4. The lowest BCUT2D eigenvalue weighted by molar-refractivity contribution is -0.144. The normalized spacial score (nSPS) is 23.3. The monoisotopic (exact) mass is 462 g/mol. The predicted molar refractivity (Wildman–Crippen MR) is 126 cm³/mol. The lowest BCUT2D eigenvalue weighted by Crippen LogP contribution is -2.54. The molecule has 0 unspecified atom stereocenters. The van der Waals surface area contributed by atoms with E-state index in [-0.39, 0.29) is 30.9 Å². The third-order valence-electron chi connectivity index (χ3n) is 7.82. The van der Waals surface area contributed by atoms with Crippen molar-refractivity contribution in [1.29, 1.82) is 0 Å². The second kappa shape index (κ2) is 8.78. The molecule has 5 rings (SSSR count). The molecular weight excluding hydrogens is 432 g/mol. The number of rotatable bonds is 7. The highest BCUT2D eigenvalue weighted by Crippen LogP contribution is 2.49. The van der Waals surface area contributed by atoms with Crippen LogP contribution in [0, 0.1) is 0 Å². The molecular formula is C27H30N2O5. The Morgan fingerprint density at radius 2 is 1.65 bits per heavy atom. The number of carbonyl (C=O) groups excluding carboxylic acids is 2. The average Bonchev–Trinajstić information content (AvgIpc) is 3.47. The first-order valence-corrected chi connectivity index (χ1v) is 12.1. The summed E-state index contributed by atoms with van der Waals surface area (Å²) in [5, 5.41) is 12.2. The van der Waals surface area contributed by atoms with Crippen molar-refractivity contribution in [2.75, 3.05) is 6.61 Å². The summed E-state index contributed by atoms with van der Waals surface area (Å²) in [5.74, 6) is -1.14. The van der Waals surface area contributed by atoms with Crippen LogP contribution in [0.15, 0.2) is 48.5 Å². The van der Waals surface area contributed by atoms with E-state index in [1.165, 1.54) is 0 Å². The van der Waals surface area contributed by atoms with Crippen molar-refractivity contribution >= 4 is 18.0 Å². The Kier molecular flexibility index (Phi) is 5.80. The van der Waals surface area contributed by atoms with Crippen LogP contribution in [0.4, 0.5) is 4.79 Å². The Morgan fingerprint density at radius 1 is 1.06 bits per heavy atom. The molecule has 1 aliphatic carbocycles. The Hall–Kier alpha value is -3.35. The Morgan fingerprint density at radius 3 is 2.21 bits per heavy atom. The van der Waals surface area contributed by atoms with Gasteiger partial charge in [-0.05, 0) is 54.4 Å². The molecule has 1 atom stereocenters. The number of carboxylic acids is 1. The molecule has 2 heterocycles. The van der Waals surface area contributed by atoms with E-state index in [9.17, 15) is 19.5 Å². The summed E-state index contributed by atoms with van der Waals surface area (Å²) in [5.41, 5.74) is 3.95. The second-order valence-corrected chi connectivity index (χ2v) is 9.66. The van der Waals surface area contributed by atoms with Gasteiger partial charge in [0.15, 0.2) is 0 Å². The zero-order valence-electron chi connectivity index (χ0n) is 19.3. The first-order chi connectivity index (χ1) is 16.4. The average molecular weight is 463 g/mol. The zero-order chi connectivity index (χ0) is 23.9. The molecule has 2 bridgehead atoms. The van der Waals surface area contributed by atoms with Gasteiger partial charge in [0, 0.05) is 12.0 Å². The van der Waals surface area contributed by atoms with Gasteiger partial charge in [0.2, 0.25) is 5.91 Å². The van der Waals surface area contributed by atoms with Crippen molar-refractivity contribution in [1.82, 2.24) is 10.2 Å². The summed E-state index contributed by atoms with van der Waals surface area (Å²) in [4.78, 5) is 39.4. The molecule has 0 aromatic heterocycles. The smallest absolute Gasteiger partial charge is 0.407 e. The number of nitrogens with one attached hydrogen (secondary N) is 1. The Bertz CT molecular complexity index is 1080. The molecule has 34 heavy (non-hydrogen) atoms. The van der Waals surface area contributed by atoms with Gasteiger partial charge in [0.05, 0.1) is 12.0 Å². The summed E-state index contributed by atoms with van der Waals surface area (Å²) in [6.45, 7) is 2.02. The van der Waals surface area contributed by atoms with E-state index in [0.717, 1.165) is 35.1 Å². The number of carbonyl (C=O) groups is 3. The quantitative estimate of drug-likeness (QED) is 0.640. The molecule has 7 nitrogen and oxygen atoms in total. The number of amides is 2. The van der Waals surface area contributed by atoms with Gasteiger partial charge in [-0.2, -0.15) is 0 Å². The van der Waals surface area contributed by atoms with Crippen LogP contribution in [0.1, 0.15) is 62.5 Å². The molecule has 2 aromatic rings. The number of benzene rings is 2. The molecule has 7 heteroatoms. The first-order valence-electron chi connectivity index (χ1n) is 12.1. The molecule has 3 aliphatic rings. The van der Waals surface area contributed by atoms with E-state index in [2.05, 4.69) is 29.6 Å². The van der Waals surface area contributed by atoms with Crippen LogP contribution in [-0.4, -0.2) is 52.2 Å². The van der Waals surface area contributed by atoms with E-state index < -0.39 is 23.6 Å². The summed E-state index contributed by atoms with van der Waals surface area (Å²) >= 11 is 0. The largest absolute Gasteiger partial charge is 0.481 e. The van der Waals surface area contributed by atoms with Gasteiger partial charge >= 0.3 is 12.1 Å². The maximum Gasteiger partial charge on any atom is 0.407 e. The number of fused-ring (bicyclic) bond motifs is 5. The van der Waals surface area contributed by atoms with Crippen LogP contribution in [0.5, 0.6) is 0 Å². The highest BCUT2D eigenvalue weighted by molar-refractivity contribution is 5.88. The minimum atomic E-state index is -0.891. The molecule has 0 spiro atoms. The fourth-order valence-electron chi connectivity index (χ4n) is 6.27. The highest BCUT2D eigenvalue weighted by atomic mass is 16.5. The second-order valence-electron chi connectivity index (χ2n) is 9.66. The van der Waals surface area contributed by atoms with Crippen LogP contribution in [0.25, 0.3) is 11.1 Å². The number of alkyl carbamates (subject to hydrolysis) is 1. The standard InChI is InChI=1S/C27H30N2O5/c1-2-23(25(32)29-17-11-13-27(29,14-12-17)15-24(30)31)28-26(33)34-16-22-20-9-5-3-7-18(20)19-8-4-6-10-21(19)22/h3-10,17,22-23H,2,11-16H2,1H3,(H,28,33)(H,30,31)/t17?,23-,27?/m1/s1. The van der Waals surface area contributed by atoms with Crippen molar-refractivity contribution < 1.29 is 24.2 Å². The molecule has 2 aliphatic heterocycles. The lowest BCUT2D eigenvalue weighted by Gasteiger charge is -2.36. The van der Waals surface area contributed by atoms with Gasteiger partial charge in [-0.25, -0.2) is 4.79 Å². The first kappa shape index (κ1) is 22.4. The molecule has 0 radical (unpaired) electrons. The molecule has 2 fully saturated rings. The van der Waals surface area contributed by atoms with E-state index in [0.29, 0.717) is 19.3 Å². The number of hydrogen-bond acceptors (Lipinski definition) is 4. The third-order valence-corrected chi connectivity index (χ3v) is 7.82. The minimum Gasteiger partial charge on any atom is -0.481 e. The van der Waals surface area contributed by atoms with E-state index >= 15 is 0 Å². The summed E-state index contributed by atoms with van der Waals surface area (Å²) in [7, 11) is 0. The van der Waals surface area contributed by atoms with Crippen LogP contribution < -0.4 is 5.32 Å². The summed E-state index contributed by atoms with van der Waals surface area (Å²) < 4.78 is 5.63. The Balaban J connectivity index is 1.26. The number of hydrogen-bond donors (Lipinski definition) is 2. The number of ether oxygens (including phenoxy) is 1. The van der Waals surface area contributed by atoms with Crippen LogP contribution in [0.2, 0.25) is 0 Å². The predicted octanol–water partition coefficient (Wildman–Crippen LogP) is 4.30. The van der Waals surface area contributed by atoms with E-state index in [1.807, 2.05) is 31.2 Å². The van der Waals surface area contributed by atoms with Gasteiger partial charge in [-0.15, -0.1) is 0 Å². The van der Waals surface area contributed by atoms with Crippen LogP contribution >= 0.6 is 0 Å². The fourth-order valence-corrected chi connectivity index (χ4v) is 6.27. The van der Waals surface area contributed by atoms with Crippen molar-refractivity contribution in [2.24, 2.45) is 0 Å². The van der Waals surface area contributed by atoms with Crippen LogP contribution in [-0.2, 0) is 14.3 Å². The Labute approximate surface area is 199 Å². The minimum absolute atomic E-state index is 0.0450.